The predicted octanol–water partition coefficient (Wildman–Crippen LogP) is 2.30. The molecule has 0 saturated carbocycles. The van der Waals surface area contributed by atoms with E-state index in [9.17, 15) is 18.0 Å². The molecule has 0 atom stereocenters. The fourth-order valence-electron chi connectivity index (χ4n) is 1.73. The standard InChI is InChI=1S/C13H16F3NO2/c1-9-3-4-10(2)11(7-9)12(19)17(5-6-18)8-13(14,15)16/h3-4,7,18H,5-6,8H2,1-2H3. The van der Waals surface area contributed by atoms with Crippen molar-refractivity contribution in [1.82, 2.24) is 4.90 Å². The third-order valence-electron chi connectivity index (χ3n) is 2.65. The van der Waals surface area contributed by atoms with Crippen LogP contribution in [-0.2, 0) is 0 Å². The minimum Gasteiger partial charge on any atom is -0.395 e. The highest BCUT2D eigenvalue weighted by Gasteiger charge is 2.33. The quantitative estimate of drug-likeness (QED) is 0.916. The maximum Gasteiger partial charge on any atom is 0.406 e. The van der Waals surface area contributed by atoms with Gasteiger partial charge in [-0.3, -0.25) is 4.79 Å². The number of alkyl halides is 3. The van der Waals surface area contributed by atoms with Crippen LogP contribution in [0.25, 0.3) is 0 Å². The van der Waals surface area contributed by atoms with Crippen LogP contribution in [-0.4, -0.2) is 41.8 Å². The number of rotatable bonds is 4. The number of carbonyl (C=O) groups excluding carboxylic acids is 1. The lowest BCUT2D eigenvalue weighted by molar-refractivity contribution is -0.141. The number of nitrogens with zero attached hydrogens (tertiary/aromatic N) is 1. The Labute approximate surface area is 109 Å². The highest BCUT2D eigenvalue weighted by Crippen LogP contribution is 2.19. The molecule has 0 saturated heterocycles. The summed E-state index contributed by atoms with van der Waals surface area (Å²) < 4.78 is 37.2. The second kappa shape index (κ2) is 6.06. The molecule has 0 unspecified atom stereocenters. The van der Waals surface area contributed by atoms with Crippen molar-refractivity contribution in [3.05, 3.63) is 34.9 Å². The monoisotopic (exact) mass is 275 g/mol. The van der Waals surface area contributed by atoms with Gasteiger partial charge in [0.25, 0.3) is 5.91 Å². The minimum atomic E-state index is -4.48. The minimum absolute atomic E-state index is 0.234. The molecule has 0 aliphatic carbocycles. The maximum atomic E-state index is 12.4. The van der Waals surface area contributed by atoms with Crippen LogP contribution in [0.2, 0.25) is 0 Å². The number of aliphatic hydroxyl groups is 1. The van der Waals surface area contributed by atoms with Crippen molar-refractivity contribution >= 4 is 5.91 Å². The average molecular weight is 275 g/mol. The van der Waals surface area contributed by atoms with Gasteiger partial charge < -0.3 is 10.0 Å². The van der Waals surface area contributed by atoms with E-state index in [4.69, 9.17) is 5.11 Å². The van der Waals surface area contributed by atoms with E-state index in [0.717, 1.165) is 5.56 Å². The van der Waals surface area contributed by atoms with Crippen molar-refractivity contribution in [2.45, 2.75) is 20.0 Å². The van der Waals surface area contributed by atoms with Crippen LogP contribution in [0.4, 0.5) is 13.2 Å². The summed E-state index contributed by atoms with van der Waals surface area (Å²) in [5, 5.41) is 8.79. The molecule has 0 bridgehead atoms. The van der Waals surface area contributed by atoms with Crippen molar-refractivity contribution in [3.63, 3.8) is 0 Å². The molecule has 106 valence electrons. The molecule has 1 N–H and O–H groups in total. The average Bonchev–Trinajstić information content (AvgIpc) is 2.29. The van der Waals surface area contributed by atoms with E-state index in [1.54, 1.807) is 32.0 Å². The highest BCUT2D eigenvalue weighted by atomic mass is 19.4. The molecule has 0 heterocycles. The van der Waals surface area contributed by atoms with Crippen LogP contribution in [0.1, 0.15) is 21.5 Å². The van der Waals surface area contributed by atoms with Gasteiger partial charge in [-0.05, 0) is 25.5 Å². The van der Waals surface area contributed by atoms with Crippen molar-refractivity contribution in [2.75, 3.05) is 19.7 Å². The Hall–Kier alpha value is -1.56. The number of hydrogen-bond donors (Lipinski definition) is 1. The third-order valence-corrected chi connectivity index (χ3v) is 2.65. The summed E-state index contributed by atoms with van der Waals surface area (Å²) in [7, 11) is 0. The fraction of sp³-hybridized carbons (Fsp3) is 0.462. The van der Waals surface area contributed by atoms with Gasteiger partial charge in [0.05, 0.1) is 6.61 Å². The summed E-state index contributed by atoms with van der Waals surface area (Å²) in [6, 6.07) is 5.03. The summed E-state index contributed by atoms with van der Waals surface area (Å²) in [5.74, 6) is -0.715. The molecule has 19 heavy (non-hydrogen) atoms. The van der Waals surface area contributed by atoms with E-state index in [2.05, 4.69) is 0 Å². The molecule has 6 heteroatoms. The zero-order chi connectivity index (χ0) is 14.6. The molecule has 0 spiro atoms. The largest absolute Gasteiger partial charge is 0.406 e. The Bertz CT molecular complexity index is 458. The first kappa shape index (κ1) is 15.5. The summed E-state index contributed by atoms with van der Waals surface area (Å²) in [6.45, 7) is 1.21. The van der Waals surface area contributed by atoms with Gasteiger partial charge in [0, 0.05) is 12.1 Å². The van der Waals surface area contributed by atoms with Crippen molar-refractivity contribution in [3.8, 4) is 0 Å². The first-order valence-electron chi connectivity index (χ1n) is 5.78. The molecule has 3 nitrogen and oxygen atoms in total. The molecule has 0 fully saturated rings. The molecular weight excluding hydrogens is 259 g/mol. The fourth-order valence-corrected chi connectivity index (χ4v) is 1.73. The molecule has 1 amide bonds. The first-order valence-corrected chi connectivity index (χ1v) is 5.78. The van der Waals surface area contributed by atoms with Gasteiger partial charge in [0.15, 0.2) is 0 Å². The number of aliphatic hydroxyl groups excluding tert-OH is 1. The molecule has 0 radical (unpaired) electrons. The second-order valence-electron chi connectivity index (χ2n) is 4.38. The Kier molecular flexibility index (Phi) is 4.94. The van der Waals surface area contributed by atoms with Crippen LogP contribution in [0.5, 0.6) is 0 Å². The van der Waals surface area contributed by atoms with Crippen molar-refractivity contribution in [1.29, 1.82) is 0 Å². The number of hydrogen-bond acceptors (Lipinski definition) is 2. The molecular formula is C13H16F3NO2. The van der Waals surface area contributed by atoms with Crippen LogP contribution in [0, 0.1) is 13.8 Å². The Morgan fingerprint density at radius 3 is 2.47 bits per heavy atom. The maximum absolute atomic E-state index is 12.4. The van der Waals surface area contributed by atoms with Gasteiger partial charge in [-0.1, -0.05) is 17.7 Å². The zero-order valence-corrected chi connectivity index (χ0v) is 10.8. The van der Waals surface area contributed by atoms with E-state index in [1.807, 2.05) is 0 Å². The summed E-state index contributed by atoms with van der Waals surface area (Å²) in [6.07, 6.45) is -4.48. The van der Waals surface area contributed by atoms with Crippen LogP contribution < -0.4 is 0 Å². The third kappa shape index (κ3) is 4.55. The number of carbonyl (C=O) groups is 1. The molecule has 1 aromatic carbocycles. The highest BCUT2D eigenvalue weighted by molar-refractivity contribution is 5.95. The number of amides is 1. The predicted molar refractivity (Wildman–Crippen MR) is 65.0 cm³/mol. The summed E-state index contributed by atoms with van der Waals surface area (Å²) >= 11 is 0. The van der Waals surface area contributed by atoms with Crippen molar-refractivity contribution < 1.29 is 23.1 Å². The Balaban J connectivity index is 3.02. The summed E-state index contributed by atoms with van der Waals surface area (Å²) in [4.78, 5) is 12.7. The van der Waals surface area contributed by atoms with Crippen LogP contribution in [0.3, 0.4) is 0 Å². The second-order valence-corrected chi connectivity index (χ2v) is 4.38. The molecule has 1 aromatic rings. The summed E-state index contributed by atoms with van der Waals surface area (Å²) in [5.41, 5.74) is 1.64. The topological polar surface area (TPSA) is 40.5 Å². The molecule has 1 rings (SSSR count). The lowest BCUT2D eigenvalue weighted by atomic mass is 10.0. The van der Waals surface area contributed by atoms with Gasteiger partial charge >= 0.3 is 6.18 Å². The normalized spacial score (nSPS) is 11.5. The van der Waals surface area contributed by atoms with Gasteiger partial charge in [-0.2, -0.15) is 13.2 Å². The lowest BCUT2D eigenvalue weighted by Crippen LogP contribution is -2.40. The van der Waals surface area contributed by atoms with E-state index >= 15 is 0 Å². The molecule has 0 aromatic heterocycles. The van der Waals surface area contributed by atoms with Gasteiger partial charge in [-0.15, -0.1) is 0 Å². The lowest BCUT2D eigenvalue weighted by Gasteiger charge is -2.24. The van der Waals surface area contributed by atoms with E-state index in [0.29, 0.717) is 10.5 Å². The number of benzene rings is 1. The van der Waals surface area contributed by atoms with Crippen molar-refractivity contribution in [2.24, 2.45) is 0 Å². The Morgan fingerprint density at radius 2 is 1.95 bits per heavy atom. The van der Waals surface area contributed by atoms with E-state index in [-0.39, 0.29) is 12.1 Å². The first-order chi connectivity index (χ1) is 8.74. The Morgan fingerprint density at radius 1 is 1.32 bits per heavy atom. The van der Waals surface area contributed by atoms with Gasteiger partial charge in [0.2, 0.25) is 0 Å². The van der Waals surface area contributed by atoms with E-state index in [1.165, 1.54) is 0 Å². The van der Waals surface area contributed by atoms with Crippen LogP contribution in [0.15, 0.2) is 18.2 Å². The molecule has 0 aliphatic heterocycles. The van der Waals surface area contributed by atoms with Gasteiger partial charge in [-0.25, -0.2) is 0 Å². The van der Waals surface area contributed by atoms with E-state index < -0.39 is 25.2 Å². The zero-order valence-electron chi connectivity index (χ0n) is 10.8. The smallest absolute Gasteiger partial charge is 0.395 e. The SMILES string of the molecule is Cc1ccc(C)c(C(=O)N(CCO)CC(F)(F)F)c1. The van der Waals surface area contributed by atoms with Gasteiger partial charge in [0.1, 0.15) is 6.54 Å². The molecule has 0 aliphatic rings. The van der Waals surface area contributed by atoms with Crippen LogP contribution >= 0.6 is 0 Å². The number of aryl methyl sites for hydroxylation is 2. The number of halogens is 3.